The second-order valence-electron chi connectivity index (χ2n) is 2.52. The fourth-order valence-electron chi connectivity index (χ4n) is 1.06. The lowest BCUT2D eigenvalue weighted by molar-refractivity contribution is 0.471. The summed E-state index contributed by atoms with van der Waals surface area (Å²) in [6.07, 6.45) is 6.08. The lowest BCUT2D eigenvalue weighted by Gasteiger charge is -2.18. The van der Waals surface area contributed by atoms with Crippen LogP contribution >= 0.6 is 0 Å². The van der Waals surface area contributed by atoms with E-state index in [9.17, 15) is 0 Å². The van der Waals surface area contributed by atoms with E-state index in [2.05, 4.69) is 12.1 Å². The summed E-state index contributed by atoms with van der Waals surface area (Å²) in [7, 11) is 0. The number of allylic oxidation sites excluding steroid dienone is 2. The highest BCUT2D eigenvalue weighted by molar-refractivity contribution is 5.18. The summed E-state index contributed by atoms with van der Waals surface area (Å²) in [6, 6.07) is 4.11. The Kier molecular flexibility index (Phi) is 1.73. The van der Waals surface area contributed by atoms with Crippen LogP contribution in [0.1, 0.15) is 19.3 Å². The maximum absolute atomic E-state index is 8.64. The standard InChI is InChI=1S/C8H8N2/c9-6-8(7-10)4-2-1-3-5-8/h1-2H,3-5H2. The second kappa shape index (κ2) is 2.54. The molecular weight excluding hydrogens is 124 g/mol. The van der Waals surface area contributed by atoms with Crippen LogP contribution in [0.5, 0.6) is 0 Å². The first-order chi connectivity index (χ1) is 4.83. The van der Waals surface area contributed by atoms with Crippen LogP contribution in [0.15, 0.2) is 12.2 Å². The van der Waals surface area contributed by atoms with Gasteiger partial charge in [0.2, 0.25) is 0 Å². The van der Waals surface area contributed by atoms with Gasteiger partial charge in [-0.25, -0.2) is 0 Å². The second-order valence-corrected chi connectivity index (χ2v) is 2.52. The molecular formula is C8H8N2. The Balaban J connectivity index is 2.80. The van der Waals surface area contributed by atoms with E-state index >= 15 is 0 Å². The first-order valence-electron chi connectivity index (χ1n) is 3.30. The van der Waals surface area contributed by atoms with Gasteiger partial charge in [-0.05, 0) is 19.3 Å². The lowest BCUT2D eigenvalue weighted by Crippen LogP contribution is -2.16. The van der Waals surface area contributed by atoms with Crippen molar-refractivity contribution in [1.82, 2.24) is 0 Å². The molecule has 0 fully saturated rings. The van der Waals surface area contributed by atoms with Crippen molar-refractivity contribution in [2.24, 2.45) is 5.41 Å². The van der Waals surface area contributed by atoms with Crippen molar-refractivity contribution in [3.05, 3.63) is 12.2 Å². The molecule has 50 valence electrons. The molecule has 0 aromatic carbocycles. The zero-order valence-corrected chi connectivity index (χ0v) is 5.67. The first-order valence-corrected chi connectivity index (χ1v) is 3.30. The molecule has 2 nitrogen and oxygen atoms in total. The van der Waals surface area contributed by atoms with Crippen molar-refractivity contribution in [2.75, 3.05) is 0 Å². The van der Waals surface area contributed by atoms with Gasteiger partial charge >= 0.3 is 0 Å². The van der Waals surface area contributed by atoms with E-state index in [1.807, 2.05) is 12.2 Å². The Morgan fingerprint density at radius 3 is 2.20 bits per heavy atom. The first kappa shape index (κ1) is 6.83. The van der Waals surface area contributed by atoms with Gasteiger partial charge in [0.05, 0.1) is 12.1 Å². The van der Waals surface area contributed by atoms with Gasteiger partial charge in [0, 0.05) is 0 Å². The predicted octanol–water partition coefficient (Wildman–Crippen LogP) is 1.76. The highest BCUT2D eigenvalue weighted by Crippen LogP contribution is 2.30. The summed E-state index contributed by atoms with van der Waals surface area (Å²) in [4.78, 5) is 0. The van der Waals surface area contributed by atoms with Crippen molar-refractivity contribution in [3.63, 3.8) is 0 Å². The minimum Gasteiger partial charge on any atom is -0.197 e. The monoisotopic (exact) mass is 132 g/mol. The molecule has 0 radical (unpaired) electrons. The van der Waals surface area contributed by atoms with Crippen molar-refractivity contribution < 1.29 is 0 Å². The molecule has 0 aromatic heterocycles. The molecule has 0 saturated carbocycles. The van der Waals surface area contributed by atoms with Crippen LogP contribution in [0.2, 0.25) is 0 Å². The van der Waals surface area contributed by atoms with E-state index < -0.39 is 5.41 Å². The third kappa shape index (κ3) is 1.01. The van der Waals surface area contributed by atoms with Crippen LogP contribution < -0.4 is 0 Å². The summed E-state index contributed by atoms with van der Waals surface area (Å²) in [5.41, 5.74) is -0.714. The minimum absolute atomic E-state index is 0.597. The van der Waals surface area contributed by atoms with Gasteiger partial charge in [0.25, 0.3) is 0 Å². The van der Waals surface area contributed by atoms with E-state index in [0.717, 1.165) is 6.42 Å². The average molecular weight is 132 g/mol. The predicted molar refractivity (Wildman–Crippen MR) is 36.6 cm³/mol. The molecule has 0 bridgehead atoms. The lowest BCUT2D eigenvalue weighted by atomic mass is 9.80. The summed E-state index contributed by atoms with van der Waals surface area (Å²) >= 11 is 0. The zero-order valence-electron chi connectivity index (χ0n) is 5.67. The maximum Gasteiger partial charge on any atom is 0.147 e. The Morgan fingerprint density at radius 1 is 1.20 bits per heavy atom. The molecule has 0 unspecified atom stereocenters. The van der Waals surface area contributed by atoms with Crippen molar-refractivity contribution in [2.45, 2.75) is 19.3 Å². The van der Waals surface area contributed by atoms with Crippen LogP contribution in [-0.2, 0) is 0 Å². The quantitative estimate of drug-likeness (QED) is 0.471. The van der Waals surface area contributed by atoms with Crippen LogP contribution in [-0.4, -0.2) is 0 Å². The smallest absolute Gasteiger partial charge is 0.147 e. The molecule has 2 heteroatoms. The molecule has 1 aliphatic rings. The molecule has 0 aliphatic heterocycles. The highest BCUT2D eigenvalue weighted by atomic mass is 14.4. The van der Waals surface area contributed by atoms with E-state index in [-0.39, 0.29) is 0 Å². The number of nitrogens with zero attached hydrogens (tertiary/aromatic N) is 2. The number of nitriles is 2. The van der Waals surface area contributed by atoms with Crippen LogP contribution in [0, 0.1) is 28.1 Å². The maximum atomic E-state index is 8.64. The molecule has 0 amide bonds. The van der Waals surface area contributed by atoms with Crippen LogP contribution in [0.4, 0.5) is 0 Å². The summed E-state index contributed by atoms with van der Waals surface area (Å²) in [6.45, 7) is 0. The fourth-order valence-corrected chi connectivity index (χ4v) is 1.06. The van der Waals surface area contributed by atoms with Crippen LogP contribution in [0.3, 0.4) is 0 Å². The molecule has 0 aromatic rings. The zero-order chi connectivity index (χ0) is 7.45. The molecule has 1 aliphatic carbocycles. The summed E-state index contributed by atoms with van der Waals surface area (Å²) in [5.74, 6) is 0. The SMILES string of the molecule is N#CC1(C#N)CC=CCC1. The molecule has 0 heterocycles. The van der Waals surface area contributed by atoms with Crippen LogP contribution in [0.25, 0.3) is 0 Å². The molecule has 0 saturated heterocycles. The highest BCUT2D eigenvalue weighted by Gasteiger charge is 2.29. The molecule has 1 rings (SSSR count). The Bertz CT molecular complexity index is 213. The summed E-state index contributed by atoms with van der Waals surface area (Å²) < 4.78 is 0. The van der Waals surface area contributed by atoms with E-state index in [4.69, 9.17) is 10.5 Å². The Labute approximate surface area is 60.4 Å². The van der Waals surface area contributed by atoms with Gasteiger partial charge in [0.15, 0.2) is 0 Å². The van der Waals surface area contributed by atoms with Gasteiger partial charge in [-0.15, -0.1) is 0 Å². The van der Waals surface area contributed by atoms with E-state index in [0.29, 0.717) is 12.8 Å². The van der Waals surface area contributed by atoms with Crippen molar-refractivity contribution in [1.29, 1.82) is 10.5 Å². The Morgan fingerprint density at radius 2 is 1.90 bits per heavy atom. The summed E-state index contributed by atoms with van der Waals surface area (Å²) in [5, 5.41) is 17.3. The molecule has 0 spiro atoms. The van der Waals surface area contributed by atoms with Crippen molar-refractivity contribution >= 4 is 0 Å². The molecule has 10 heavy (non-hydrogen) atoms. The number of rotatable bonds is 0. The Hall–Kier alpha value is -1.28. The number of hydrogen-bond acceptors (Lipinski definition) is 2. The van der Waals surface area contributed by atoms with Gasteiger partial charge in [-0.3, -0.25) is 0 Å². The van der Waals surface area contributed by atoms with Crippen molar-refractivity contribution in [3.8, 4) is 12.1 Å². The van der Waals surface area contributed by atoms with Gasteiger partial charge in [0.1, 0.15) is 5.41 Å². The minimum atomic E-state index is -0.714. The normalized spacial score (nSPS) is 21.0. The van der Waals surface area contributed by atoms with E-state index in [1.54, 1.807) is 0 Å². The molecule has 0 N–H and O–H groups in total. The topological polar surface area (TPSA) is 47.6 Å². The average Bonchev–Trinajstić information content (AvgIpc) is 2.06. The van der Waals surface area contributed by atoms with Gasteiger partial charge in [-0.1, -0.05) is 12.2 Å². The molecule has 0 atom stereocenters. The largest absolute Gasteiger partial charge is 0.197 e. The number of hydrogen-bond donors (Lipinski definition) is 0. The third-order valence-corrected chi connectivity index (χ3v) is 1.80. The van der Waals surface area contributed by atoms with Gasteiger partial charge in [-0.2, -0.15) is 10.5 Å². The van der Waals surface area contributed by atoms with Gasteiger partial charge < -0.3 is 0 Å². The third-order valence-electron chi connectivity index (χ3n) is 1.80. The van der Waals surface area contributed by atoms with E-state index in [1.165, 1.54) is 0 Å². The fraction of sp³-hybridized carbons (Fsp3) is 0.500.